The fraction of sp³-hybridized carbons (Fsp3) is 0.308. The smallest absolute Gasteiger partial charge is 0.129 e. The number of halogens is 1. The summed E-state index contributed by atoms with van der Waals surface area (Å²) in [4.78, 5) is 0. The second-order valence-corrected chi connectivity index (χ2v) is 4.10. The van der Waals surface area contributed by atoms with Crippen LogP contribution in [0.15, 0.2) is 24.4 Å². The normalized spacial score (nSPS) is 12.4. The minimum Gasteiger partial charge on any atom is -0.496 e. The van der Waals surface area contributed by atoms with Crippen LogP contribution >= 0.6 is 0 Å². The molecule has 0 saturated heterocycles. The Morgan fingerprint density at radius 2 is 2.11 bits per heavy atom. The lowest BCUT2D eigenvalue weighted by atomic mass is 9.98. The van der Waals surface area contributed by atoms with E-state index in [0.717, 1.165) is 11.1 Å². The monoisotopic (exact) mass is 249 g/mol. The van der Waals surface area contributed by atoms with E-state index < -0.39 is 6.17 Å². The van der Waals surface area contributed by atoms with Gasteiger partial charge in [0.1, 0.15) is 17.7 Å². The maximum absolute atomic E-state index is 13.8. The molecule has 0 aliphatic carbocycles. The van der Waals surface area contributed by atoms with Gasteiger partial charge in [-0.2, -0.15) is 5.10 Å². The third-order valence-electron chi connectivity index (χ3n) is 2.96. The third-order valence-corrected chi connectivity index (χ3v) is 2.96. The summed E-state index contributed by atoms with van der Waals surface area (Å²) in [7, 11) is 3.27. The van der Waals surface area contributed by atoms with Crippen molar-refractivity contribution in [1.82, 2.24) is 9.78 Å². The Kier molecular flexibility index (Phi) is 3.23. The van der Waals surface area contributed by atoms with Crippen LogP contribution in [0.5, 0.6) is 5.75 Å². The van der Waals surface area contributed by atoms with Gasteiger partial charge in [0.25, 0.3) is 0 Å². The van der Waals surface area contributed by atoms with Crippen molar-refractivity contribution in [2.45, 2.75) is 13.1 Å². The van der Waals surface area contributed by atoms with Gasteiger partial charge in [-0.25, -0.2) is 4.39 Å². The molecular weight excluding hydrogens is 233 g/mol. The van der Waals surface area contributed by atoms with Crippen molar-refractivity contribution in [3.8, 4) is 16.9 Å². The zero-order chi connectivity index (χ0) is 13.3. The Morgan fingerprint density at radius 1 is 1.39 bits per heavy atom. The molecule has 1 aromatic heterocycles. The van der Waals surface area contributed by atoms with Crippen molar-refractivity contribution >= 4 is 5.82 Å². The molecule has 0 amide bonds. The summed E-state index contributed by atoms with van der Waals surface area (Å²) in [6.45, 7) is 1.48. The fourth-order valence-electron chi connectivity index (χ4n) is 2.02. The molecule has 96 valence electrons. The number of alkyl halides is 1. The lowest BCUT2D eigenvalue weighted by Crippen LogP contribution is -2.00. The van der Waals surface area contributed by atoms with Crippen molar-refractivity contribution in [3.63, 3.8) is 0 Å². The van der Waals surface area contributed by atoms with Gasteiger partial charge in [0.05, 0.1) is 13.3 Å². The highest BCUT2D eigenvalue weighted by molar-refractivity contribution is 5.78. The number of hydrogen-bond donors (Lipinski definition) is 1. The SMILES string of the molecule is COc1cccc(-c2cnn(C)c2N)c1C(C)F. The molecule has 18 heavy (non-hydrogen) atoms. The maximum atomic E-state index is 13.8. The minimum atomic E-state index is -1.14. The third kappa shape index (κ3) is 1.92. The van der Waals surface area contributed by atoms with Crippen molar-refractivity contribution in [2.24, 2.45) is 7.05 Å². The summed E-state index contributed by atoms with van der Waals surface area (Å²) in [6.07, 6.45) is 0.492. The first kappa shape index (κ1) is 12.4. The van der Waals surface area contributed by atoms with Crippen molar-refractivity contribution < 1.29 is 9.13 Å². The van der Waals surface area contributed by atoms with Crippen LogP contribution in [0.25, 0.3) is 11.1 Å². The largest absolute Gasteiger partial charge is 0.496 e. The van der Waals surface area contributed by atoms with Crippen LogP contribution in [0.4, 0.5) is 10.2 Å². The molecule has 2 N–H and O–H groups in total. The molecule has 2 rings (SSSR count). The van der Waals surface area contributed by atoms with Crippen molar-refractivity contribution in [1.29, 1.82) is 0 Å². The number of ether oxygens (including phenoxy) is 1. The number of nitrogen functional groups attached to an aromatic ring is 1. The molecule has 0 saturated carbocycles. The number of anilines is 1. The summed E-state index contributed by atoms with van der Waals surface area (Å²) >= 11 is 0. The topological polar surface area (TPSA) is 53.1 Å². The summed E-state index contributed by atoms with van der Waals surface area (Å²) in [5, 5.41) is 4.08. The average molecular weight is 249 g/mol. The summed E-state index contributed by atoms with van der Waals surface area (Å²) < 4.78 is 20.6. The van der Waals surface area contributed by atoms with Crippen LogP contribution in [-0.4, -0.2) is 16.9 Å². The van der Waals surface area contributed by atoms with Gasteiger partial charge in [-0.3, -0.25) is 4.68 Å². The lowest BCUT2D eigenvalue weighted by molar-refractivity contribution is 0.347. The standard InChI is InChI=1S/C13H16FN3O/c1-8(14)12-9(5-4-6-11(12)18-3)10-7-16-17(2)13(10)15/h4-8H,15H2,1-3H3. The summed E-state index contributed by atoms with van der Waals surface area (Å²) in [6, 6.07) is 5.37. The number of nitrogens with two attached hydrogens (primary N) is 1. The van der Waals surface area contributed by atoms with Gasteiger partial charge in [0.2, 0.25) is 0 Å². The average Bonchev–Trinajstić information content (AvgIpc) is 2.69. The first-order valence-corrected chi connectivity index (χ1v) is 5.65. The van der Waals surface area contributed by atoms with Gasteiger partial charge in [-0.15, -0.1) is 0 Å². The number of benzene rings is 1. The summed E-state index contributed by atoms with van der Waals surface area (Å²) in [5.41, 5.74) is 7.87. The molecule has 5 heteroatoms. The highest BCUT2D eigenvalue weighted by atomic mass is 19.1. The fourth-order valence-corrected chi connectivity index (χ4v) is 2.02. The molecule has 0 bridgehead atoms. The Bertz CT molecular complexity index is 563. The molecule has 1 heterocycles. The zero-order valence-electron chi connectivity index (χ0n) is 10.6. The van der Waals surface area contributed by atoms with E-state index in [-0.39, 0.29) is 0 Å². The van der Waals surface area contributed by atoms with Crippen LogP contribution < -0.4 is 10.5 Å². The molecule has 2 aromatic rings. The molecule has 0 aliphatic rings. The predicted molar refractivity (Wildman–Crippen MR) is 69.1 cm³/mol. The molecule has 0 radical (unpaired) electrons. The predicted octanol–water partition coefficient (Wildman–Crippen LogP) is 2.71. The number of aryl methyl sites for hydroxylation is 1. The van der Waals surface area contributed by atoms with E-state index in [2.05, 4.69) is 5.10 Å². The van der Waals surface area contributed by atoms with Crippen LogP contribution in [0.2, 0.25) is 0 Å². The second kappa shape index (κ2) is 4.68. The van der Waals surface area contributed by atoms with Gasteiger partial charge in [-0.05, 0) is 18.6 Å². The van der Waals surface area contributed by atoms with Crippen LogP contribution in [0, 0.1) is 0 Å². The summed E-state index contributed by atoms with van der Waals surface area (Å²) in [5.74, 6) is 1.02. The molecule has 1 unspecified atom stereocenters. The molecular formula is C13H16FN3O. The van der Waals surface area contributed by atoms with E-state index in [0.29, 0.717) is 17.1 Å². The number of aromatic nitrogens is 2. The Balaban J connectivity index is 2.67. The lowest BCUT2D eigenvalue weighted by Gasteiger charge is -2.14. The number of rotatable bonds is 3. The van der Waals surface area contributed by atoms with Gasteiger partial charge >= 0.3 is 0 Å². The highest BCUT2D eigenvalue weighted by Crippen LogP contribution is 2.38. The van der Waals surface area contributed by atoms with Crippen LogP contribution in [0.3, 0.4) is 0 Å². The molecule has 0 aliphatic heterocycles. The van der Waals surface area contributed by atoms with E-state index in [4.69, 9.17) is 10.5 Å². The highest BCUT2D eigenvalue weighted by Gasteiger charge is 2.19. The molecule has 0 spiro atoms. The van der Waals surface area contributed by atoms with E-state index in [1.165, 1.54) is 14.0 Å². The van der Waals surface area contributed by atoms with Gasteiger partial charge in [0.15, 0.2) is 0 Å². The van der Waals surface area contributed by atoms with Gasteiger partial charge < -0.3 is 10.5 Å². The van der Waals surface area contributed by atoms with Gasteiger partial charge in [0, 0.05) is 18.2 Å². The molecule has 1 aromatic carbocycles. The minimum absolute atomic E-state index is 0.500. The van der Waals surface area contributed by atoms with Crippen LogP contribution in [-0.2, 0) is 7.05 Å². The Labute approximate surface area is 105 Å². The van der Waals surface area contributed by atoms with E-state index in [1.54, 1.807) is 24.0 Å². The zero-order valence-corrected chi connectivity index (χ0v) is 10.6. The number of hydrogen-bond acceptors (Lipinski definition) is 3. The number of nitrogens with zero attached hydrogens (tertiary/aromatic N) is 2. The second-order valence-electron chi connectivity index (χ2n) is 4.10. The van der Waals surface area contributed by atoms with Crippen LogP contribution in [0.1, 0.15) is 18.7 Å². The molecule has 0 fully saturated rings. The maximum Gasteiger partial charge on any atom is 0.129 e. The molecule has 4 nitrogen and oxygen atoms in total. The van der Waals surface area contributed by atoms with E-state index in [9.17, 15) is 4.39 Å². The first-order valence-electron chi connectivity index (χ1n) is 5.65. The van der Waals surface area contributed by atoms with Crippen molar-refractivity contribution in [2.75, 3.05) is 12.8 Å². The molecule has 1 atom stereocenters. The first-order chi connectivity index (χ1) is 8.56. The number of methoxy groups -OCH3 is 1. The van der Waals surface area contributed by atoms with Crippen molar-refractivity contribution in [3.05, 3.63) is 30.0 Å². The quantitative estimate of drug-likeness (QED) is 0.910. The van der Waals surface area contributed by atoms with E-state index in [1.807, 2.05) is 12.1 Å². The Hall–Kier alpha value is -2.04. The Morgan fingerprint density at radius 3 is 2.61 bits per heavy atom. The van der Waals surface area contributed by atoms with Gasteiger partial charge in [-0.1, -0.05) is 12.1 Å². The van der Waals surface area contributed by atoms with E-state index >= 15 is 0 Å².